The van der Waals surface area contributed by atoms with Crippen molar-refractivity contribution in [1.82, 2.24) is 0 Å². The van der Waals surface area contributed by atoms with Gasteiger partial charge < -0.3 is 4.74 Å². The molecule has 0 heterocycles. The van der Waals surface area contributed by atoms with Crippen LogP contribution < -0.4 is 21.2 Å². The third-order valence-electron chi connectivity index (χ3n) is 2.59. The van der Waals surface area contributed by atoms with Crippen molar-refractivity contribution in [3.63, 3.8) is 0 Å². The third-order valence-corrected chi connectivity index (χ3v) is 5.28. The molecule has 0 radical (unpaired) electrons. The van der Waals surface area contributed by atoms with Gasteiger partial charge in [0, 0.05) is 6.08 Å². The molecule has 106 valence electrons. The van der Waals surface area contributed by atoms with E-state index in [-0.39, 0.29) is 27.6 Å². The zero-order valence-corrected chi connectivity index (χ0v) is 13.4. The highest BCUT2D eigenvalue weighted by atomic mass is 127. The van der Waals surface area contributed by atoms with Crippen molar-refractivity contribution in [3.8, 4) is 0 Å². The number of hydrogen-bond donors (Lipinski definition) is 0. The zero-order valence-electron chi connectivity index (χ0n) is 11.3. The lowest BCUT2D eigenvalue weighted by molar-refractivity contribution is -0.597. The molecule has 0 fully saturated rings. The molecule has 0 saturated heterocycles. The molecule has 0 unspecified atom stereocenters. The predicted octanol–water partition coefficient (Wildman–Crippen LogP) is -0.387. The van der Waals surface area contributed by atoms with Crippen molar-refractivity contribution in [2.75, 3.05) is 0 Å². The number of halogens is 1. The van der Waals surface area contributed by atoms with Crippen LogP contribution in [0.2, 0.25) is 0 Å². The van der Waals surface area contributed by atoms with Gasteiger partial charge in [-0.2, -0.15) is 0 Å². The van der Waals surface area contributed by atoms with Gasteiger partial charge in [-0.3, -0.25) is 4.79 Å². The van der Waals surface area contributed by atoms with Gasteiger partial charge in [-0.15, -0.1) is 0 Å². The van der Waals surface area contributed by atoms with E-state index in [4.69, 9.17) is 0 Å². The van der Waals surface area contributed by atoms with E-state index < -0.39 is 11.9 Å². The van der Waals surface area contributed by atoms with E-state index in [0.717, 1.165) is 11.6 Å². The molecular weight excluding hydrogens is 379 g/mol. The maximum absolute atomic E-state index is 11.5. The fourth-order valence-electron chi connectivity index (χ4n) is 1.63. The number of hydrogen-bond acceptors (Lipinski definition) is 3. The maximum Gasteiger partial charge on any atom is 0.357 e. The second kappa shape index (κ2) is 7.73. The first-order valence-corrected chi connectivity index (χ1v) is 8.49. The third kappa shape index (κ3) is 5.15. The van der Waals surface area contributed by atoms with Crippen molar-refractivity contribution >= 4 is 11.9 Å². The summed E-state index contributed by atoms with van der Waals surface area (Å²) in [4.78, 5) is 22.4. The minimum absolute atomic E-state index is 0.0868. The average molecular weight is 393 g/mol. The van der Waals surface area contributed by atoms with E-state index in [1.165, 1.54) is 7.14 Å². The van der Waals surface area contributed by atoms with E-state index in [0.29, 0.717) is 0 Å². The smallest absolute Gasteiger partial charge is 0.357 e. The van der Waals surface area contributed by atoms with E-state index in [2.05, 4.69) is 23.4 Å². The van der Waals surface area contributed by atoms with E-state index >= 15 is 0 Å². The number of benzene rings is 2. The van der Waals surface area contributed by atoms with Gasteiger partial charge in [0.1, 0.15) is 0 Å². The summed E-state index contributed by atoms with van der Waals surface area (Å²) in [6.45, 7) is 3.25. The second-order valence-electron chi connectivity index (χ2n) is 4.19. The number of esters is 2. The molecule has 0 saturated carbocycles. The van der Waals surface area contributed by atoms with Crippen LogP contribution in [0.15, 0.2) is 67.3 Å². The lowest BCUT2D eigenvalue weighted by Crippen LogP contribution is -3.61. The second-order valence-corrected chi connectivity index (χ2v) is 7.22. The van der Waals surface area contributed by atoms with E-state index in [9.17, 15) is 9.59 Å². The molecule has 2 aromatic rings. The number of carbonyl (C=O) groups is 2. The van der Waals surface area contributed by atoms with Crippen LogP contribution in [-0.2, 0) is 20.7 Å². The summed E-state index contributed by atoms with van der Waals surface area (Å²) in [6.07, 6.45) is 1.06. The first-order chi connectivity index (χ1) is 10.2. The Morgan fingerprint density at radius 3 is 2.24 bits per heavy atom. The summed E-state index contributed by atoms with van der Waals surface area (Å²) in [5.41, 5.74) is 0.831. The van der Waals surface area contributed by atoms with Gasteiger partial charge in [0.2, 0.25) is 0 Å². The summed E-state index contributed by atoms with van der Waals surface area (Å²) in [6, 6.07) is 18.2. The van der Waals surface area contributed by atoms with Gasteiger partial charge in [0.15, 0.2) is 7.14 Å². The minimum Gasteiger partial charge on any atom is -0.390 e. The van der Waals surface area contributed by atoms with Crippen molar-refractivity contribution in [2.24, 2.45) is 0 Å². The summed E-state index contributed by atoms with van der Waals surface area (Å²) in [5, 5.41) is 0. The Morgan fingerprint density at radius 1 is 1.00 bits per heavy atom. The van der Waals surface area contributed by atoms with E-state index in [1.807, 2.05) is 42.5 Å². The molecular formula is C17H14IO3+. The summed E-state index contributed by atoms with van der Waals surface area (Å²) >= 11 is -0.206. The predicted molar refractivity (Wildman–Crippen MR) is 75.3 cm³/mol. The molecule has 2 rings (SSSR count). The molecule has 0 aliphatic carbocycles. The minimum atomic E-state index is -0.716. The van der Waals surface area contributed by atoms with Crippen LogP contribution in [-0.4, -0.2) is 11.9 Å². The maximum atomic E-state index is 11.5. The van der Waals surface area contributed by atoms with Crippen molar-refractivity contribution in [3.05, 3.63) is 80.0 Å². The van der Waals surface area contributed by atoms with Gasteiger partial charge in [-0.05, 0) is 29.8 Å². The van der Waals surface area contributed by atoms with Gasteiger partial charge in [0.05, 0.1) is 6.42 Å². The Balaban J connectivity index is 1.94. The molecule has 4 heteroatoms. The van der Waals surface area contributed by atoms with Crippen molar-refractivity contribution < 1.29 is 35.5 Å². The molecule has 0 amide bonds. The number of carbonyl (C=O) groups excluding carboxylic acids is 2. The first-order valence-electron chi connectivity index (χ1n) is 6.33. The molecule has 0 atom stereocenters. The van der Waals surface area contributed by atoms with Gasteiger partial charge in [-0.1, -0.05) is 36.9 Å². The Morgan fingerprint density at radius 2 is 1.62 bits per heavy atom. The standard InChI is InChI=1S/C17H14IO3/c1-2-16(19)21-17(20)12-13-8-10-15(11-9-13)18-14-6-4-3-5-7-14/h2-11H,1,12H2/q+1. The van der Waals surface area contributed by atoms with Gasteiger partial charge >= 0.3 is 33.1 Å². The van der Waals surface area contributed by atoms with Gasteiger partial charge in [-0.25, -0.2) is 4.79 Å². The zero-order chi connectivity index (χ0) is 15.1. The molecule has 21 heavy (non-hydrogen) atoms. The topological polar surface area (TPSA) is 43.4 Å². The quantitative estimate of drug-likeness (QED) is 0.301. The SMILES string of the molecule is C=CC(=O)OC(=O)Cc1ccc([I+]c2ccccc2)cc1. The first kappa shape index (κ1) is 15.4. The molecule has 0 N–H and O–H groups in total. The summed E-state index contributed by atoms with van der Waals surface area (Å²) in [5.74, 6) is -1.28. The van der Waals surface area contributed by atoms with Crippen LogP contribution in [0.25, 0.3) is 0 Å². The Bertz CT molecular complexity index is 633. The normalized spacial score (nSPS) is 9.90. The molecule has 0 aromatic heterocycles. The van der Waals surface area contributed by atoms with Crippen LogP contribution in [0, 0.1) is 7.14 Å². The highest BCUT2D eigenvalue weighted by Crippen LogP contribution is 2.01. The lowest BCUT2D eigenvalue weighted by Gasteiger charge is -2.00. The highest BCUT2D eigenvalue weighted by molar-refractivity contribution is 5.92. The molecule has 3 nitrogen and oxygen atoms in total. The highest BCUT2D eigenvalue weighted by Gasteiger charge is 2.15. The molecule has 0 aliphatic heterocycles. The van der Waals surface area contributed by atoms with Crippen LogP contribution >= 0.6 is 0 Å². The number of rotatable bonds is 5. The Labute approximate surface area is 133 Å². The van der Waals surface area contributed by atoms with Crippen LogP contribution in [0.1, 0.15) is 5.56 Å². The lowest BCUT2D eigenvalue weighted by atomic mass is 10.2. The molecule has 0 spiro atoms. The fraction of sp³-hybridized carbons (Fsp3) is 0.0588. The van der Waals surface area contributed by atoms with Gasteiger partial charge in [0.25, 0.3) is 0 Å². The van der Waals surface area contributed by atoms with Crippen LogP contribution in [0.5, 0.6) is 0 Å². The molecule has 2 aromatic carbocycles. The molecule has 0 bridgehead atoms. The largest absolute Gasteiger partial charge is 0.390 e. The Hall–Kier alpha value is -1.95. The monoisotopic (exact) mass is 393 g/mol. The van der Waals surface area contributed by atoms with Crippen molar-refractivity contribution in [1.29, 1.82) is 0 Å². The average Bonchev–Trinajstić information content (AvgIpc) is 2.50. The Kier molecular flexibility index (Phi) is 5.68. The fourth-order valence-corrected chi connectivity index (χ4v) is 3.84. The van der Waals surface area contributed by atoms with Crippen LogP contribution in [0.4, 0.5) is 0 Å². The van der Waals surface area contributed by atoms with Crippen molar-refractivity contribution in [2.45, 2.75) is 6.42 Å². The summed E-state index contributed by atoms with van der Waals surface area (Å²) in [7, 11) is 0. The number of ether oxygens (including phenoxy) is 1. The van der Waals surface area contributed by atoms with Crippen LogP contribution in [0.3, 0.4) is 0 Å². The van der Waals surface area contributed by atoms with E-state index in [1.54, 1.807) is 0 Å². The summed E-state index contributed by atoms with van der Waals surface area (Å²) < 4.78 is 7.16. The molecule has 0 aliphatic rings.